The molecule has 42 heavy (non-hydrogen) atoms. The molecule has 220 valence electrons. The fourth-order valence-electron chi connectivity index (χ4n) is 6.44. The number of aromatic amines is 1. The third kappa shape index (κ3) is 5.05. The minimum Gasteiger partial charge on any atom is -0.493 e. The average Bonchev–Trinajstić information content (AvgIpc) is 3.54. The van der Waals surface area contributed by atoms with Crippen molar-refractivity contribution in [1.82, 2.24) is 29.7 Å². The Balaban J connectivity index is 1.29. The lowest BCUT2D eigenvalue weighted by Gasteiger charge is -2.40. The number of aromatic nitrogens is 6. The average molecular weight is 572 g/mol. The molecule has 3 N–H and O–H groups in total. The van der Waals surface area contributed by atoms with E-state index < -0.39 is 5.91 Å². The highest BCUT2D eigenvalue weighted by Gasteiger charge is 2.42. The Morgan fingerprint density at radius 2 is 1.90 bits per heavy atom. The lowest BCUT2D eigenvalue weighted by atomic mass is 9.79. The van der Waals surface area contributed by atoms with Gasteiger partial charge < -0.3 is 25.3 Å². The number of anilines is 2. The molecule has 2 aliphatic rings. The molecule has 2 aliphatic heterocycles. The fourth-order valence-corrected chi connectivity index (χ4v) is 6.44. The van der Waals surface area contributed by atoms with Gasteiger partial charge in [-0.3, -0.25) is 14.3 Å². The van der Waals surface area contributed by atoms with E-state index >= 15 is 0 Å². The predicted octanol–water partition coefficient (Wildman–Crippen LogP) is 3.06. The number of amides is 1. The van der Waals surface area contributed by atoms with E-state index in [2.05, 4.69) is 48.9 Å². The second-order valence-electron chi connectivity index (χ2n) is 11.4. The molecule has 3 aromatic heterocycles. The van der Waals surface area contributed by atoms with Crippen LogP contribution in [0.4, 0.5) is 11.6 Å². The molecule has 2 fully saturated rings. The van der Waals surface area contributed by atoms with Crippen LogP contribution in [0.1, 0.15) is 55.6 Å². The van der Waals surface area contributed by atoms with Crippen molar-refractivity contribution in [2.24, 2.45) is 18.2 Å². The summed E-state index contributed by atoms with van der Waals surface area (Å²) in [6.45, 7) is 8.06. The normalized spacial score (nSPS) is 18.7. The maximum atomic E-state index is 13.2. The van der Waals surface area contributed by atoms with Crippen LogP contribution in [0.5, 0.6) is 5.75 Å². The highest BCUT2D eigenvalue weighted by molar-refractivity contribution is 5.92. The number of hydrogen-bond donors (Lipinski definition) is 2. The van der Waals surface area contributed by atoms with Gasteiger partial charge in [-0.15, -0.1) is 0 Å². The van der Waals surface area contributed by atoms with Crippen LogP contribution in [0, 0.1) is 5.41 Å². The smallest absolute Gasteiger partial charge is 0.277 e. The van der Waals surface area contributed by atoms with E-state index in [1.54, 1.807) is 11.7 Å². The number of primary amides is 1. The summed E-state index contributed by atoms with van der Waals surface area (Å²) in [5, 5.41) is 4.56. The lowest BCUT2D eigenvalue weighted by Crippen LogP contribution is -2.45. The molecule has 4 aromatic rings. The molecule has 1 aromatic carbocycles. The molecule has 0 aliphatic carbocycles. The molecule has 1 amide bonds. The molecule has 2 saturated heterocycles. The standard InChI is InChI=1S/C30H37N9O3/c1-4-7-22-24-25(37(3)36-22)28(41)35-27(34-24)21-14-20(8-9-23(21)42-5-2)38-13-11-30(17-38)10-6-12-39(18-30)29-32-15-19(16-33-29)26(31)40/h8-9,14-16H,4-7,10-13,17-18H2,1-3H3,(H2,31,40)(H,34,35,41). The van der Waals surface area contributed by atoms with Crippen molar-refractivity contribution in [3.8, 4) is 17.1 Å². The van der Waals surface area contributed by atoms with Crippen LogP contribution in [0.2, 0.25) is 0 Å². The quantitative estimate of drug-likeness (QED) is 0.325. The first-order chi connectivity index (χ1) is 20.3. The number of nitrogens with zero attached hydrogens (tertiary/aromatic N) is 7. The Morgan fingerprint density at radius 1 is 1.12 bits per heavy atom. The van der Waals surface area contributed by atoms with E-state index in [4.69, 9.17) is 15.5 Å². The van der Waals surface area contributed by atoms with Gasteiger partial charge in [0.25, 0.3) is 11.5 Å². The number of carbonyl (C=O) groups is 1. The molecular formula is C30H37N9O3. The topological polar surface area (TPSA) is 148 Å². The van der Waals surface area contributed by atoms with E-state index in [9.17, 15) is 9.59 Å². The lowest BCUT2D eigenvalue weighted by molar-refractivity contribution is 0.0999. The van der Waals surface area contributed by atoms with Crippen molar-refractivity contribution >= 4 is 28.6 Å². The van der Waals surface area contributed by atoms with E-state index in [-0.39, 0.29) is 11.0 Å². The van der Waals surface area contributed by atoms with E-state index in [1.165, 1.54) is 12.4 Å². The van der Waals surface area contributed by atoms with Crippen LogP contribution in [0.25, 0.3) is 22.4 Å². The summed E-state index contributed by atoms with van der Waals surface area (Å²) < 4.78 is 7.60. The van der Waals surface area contributed by atoms with Crippen molar-refractivity contribution in [3.05, 3.63) is 52.2 Å². The summed E-state index contributed by atoms with van der Waals surface area (Å²) in [6, 6.07) is 6.14. The van der Waals surface area contributed by atoms with E-state index in [0.717, 1.165) is 75.2 Å². The van der Waals surface area contributed by atoms with Gasteiger partial charge in [0.2, 0.25) is 5.95 Å². The number of nitrogens with one attached hydrogen (secondary N) is 1. The molecule has 0 bridgehead atoms. The molecule has 1 spiro atoms. The number of hydrogen-bond acceptors (Lipinski definition) is 9. The number of rotatable bonds is 8. The van der Waals surface area contributed by atoms with E-state index in [1.807, 2.05) is 13.0 Å². The van der Waals surface area contributed by atoms with Crippen LogP contribution >= 0.6 is 0 Å². The monoisotopic (exact) mass is 571 g/mol. The number of H-pyrrole nitrogens is 1. The SMILES string of the molecule is CCCc1nn(C)c2c(=O)[nH]c(-c3cc(N4CCC5(CCCN(c6ncc(C(N)=O)cn6)C5)C4)ccc3OCC)nc12. The number of carbonyl (C=O) groups excluding carboxylic acids is 1. The fraction of sp³-hybridized carbons (Fsp3) is 0.467. The summed E-state index contributed by atoms with van der Waals surface area (Å²) >= 11 is 0. The summed E-state index contributed by atoms with van der Waals surface area (Å²) in [7, 11) is 1.78. The van der Waals surface area contributed by atoms with Gasteiger partial charge in [-0.2, -0.15) is 5.10 Å². The Hall–Kier alpha value is -4.48. The van der Waals surface area contributed by atoms with Crippen LogP contribution in [-0.2, 0) is 13.5 Å². The number of benzene rings is 1. The summed E-state index contributed by atoms with van der Waals surface area (Å²) in [6.07, 6.45) is 7.87. The predicted molar refractivity (Wildman–Crippen MR) is 161 cm³/mol. The molecule has 1 unspecified atom stereocenters. The first-order valence-electron chi connectivity index (χ1n) is 14.7. The first kappa shape index (κ1) is 27.7. The zero-order valence-electron chi connectivity index (χ0n) is 24.4. The summed E-state index contributed by atoms with van der Waals surface area (Å²) in [5.41, 5.74) is 9.32. The Bertz CT molecular complexity index is 1680. The van der Waals surface area contributed by atoms with Crippen molar-refractivity contribution in [3.63, 3.8) is 0 Å². The van der Waals surface area contributed by atoms with Gasteiger partial charge in [0, 0.05) is 56.7 Å². The van der Waals surface area contributed by atoms with Crippen molar-refractivity contribution in [2.45, 2.75) is 46.0 Å². The van der Waals surface area contributed by atoms with Crippen molar-refractivity contribution in [1.29, 1.82) is 0 Å². The number of ether oxygens (including phenoxy) is 1. The van der Waals surface area contributed by atoms with Crippen molar-refractivity contribution < 1.29 is 9.53 Å². The number of aryl methyl sites for hydroxylation is 2. The van der Waals surface area contributed by atoms with Gasteiger partial charge in [0.1, 0.15) is 17.1 Å². The zero-order valence-corrected chi connectivity index (χ0v) is 24.4. The summed E-state index contributed by atoms with van der Waals surface area (Å²) in [5.74, 6) is 1.26. The van der Waals surface area contributed by atoms with Crippen molar-refractivity contribution in [2.75, 3.05) is 42.6 Å². The maximum absolute atomic E-state index is 13.2. The largest absolute Gasteiger partial charge is 0.493 e. The first-order valence-corrected chi connectivity index (χ1v) is 14.7. The molecule has 0 radical (unpaired) electrons. The van der Waals surface area contributed by atoms with Gasteiger partial charge in [0.15, 0.2) is 5.52 Å². The Morgan fingerprint density at radius 3 is 2.64 bits per heavy atom. The maximum Gasteiger partial charge on any atom is 0.277 e. The second-order valence-corrected chi connectivity index (χ2v) is 11.4. The van der Waals surface area contributed by atoms with Gasteiger partial charge in [-0.05, 0) is 50.8 Å². The van der Waals surface area contributed by atoms with Gasteiger partial charge in [0.05, 0.1) is 23.4 Å². The Kier molecular flexibility index (Phi) is 7.29. The highest BCUT2D eigenvalue weighted by Crippen LogP contribution is 2.42. The zero-order chi connectivity index (χ0) is 29.4. The Labute approximate surface area is 243 Å². The minimum atomic E-state index is -0.529. The molecule has 5 heterocycles. The minimum absolute atomic E-state index is 0.0962. The number of piperidine rings is 1. The van der Waals surface area contributed by atoms with Gasteiger partial charge >= 0.3 is 0 Å². The van der Waals surface area contributed by atoms with Gasteiger partial charge in [-0.1, -0.05) is 13.3 Å². The number of nitrogens with two attached hydrogens (primary N) is 1. The van der Waals surface area contributed by atoms with E-state index in [0.29, 0.717) is 40.7 Å². The van der Waals surface area contributed by atoms with Crippen LogP contribution in [0.3, 0.4) is 0 Å². The molecular weight excluding hydrogens is 534 g/mol. The van der Waals surface area contributed by atoms with Crippen LogP contribution in [0.15, 0.2) is 35.4 Å². The third-order valence-electron chi connectivity index (χ3n) is 8.44. The summed E-state index contributed by atoms with van der Waals surface area (Å²) in [4.78, 5) is 46.0. The van der Waals surface area contributed by atoms with Crippen LogP contribution in [-0.4, -0.2) is 68.4 Å². The molecule has 6 rings (SSSR count). The van der Waals surface area contributed by atoms with Gasteiger partial charge in [-0.25, -0.2) is 15.0 Å². The van der Waals surface area contributed by atoms with Crippen LogP contribution < -0.4 is 25.8 Å². The molecule has 1 atom stereocenters. The number of fused-ring (bicyclic) bond motifs is 1. The molecule has 0 saturated carbocycles. The second kappa shape index (κ2) is 11.1. The highest BCUT2D eigenvalue weighted by atomic mass is 16.5. The third-order valence-corrected chi connectivity index (χ3v) is 8.44. The molecule has 12 nitrogen and oxygen atoms in total. The molecule has 12 heteroatoms.